The average Bonchev–Trinajstić information content (AvgIpc) is 3.42. The molecule has 8 nitrogen and oxygen atoms in total. The van der Waals surface area contributed by atoms with Gasteiger partial charge < -0.3 is 15.4 Å². The van der Waals surface area contributed by atoms with Crippen molar-refractivity contribution in [2.24, 2.45) is 28.7 Å². The van der Waals surface area contributed by atoms with Gasteiger partial charge in [0.1, 0.15) is 0 Å². The first-order valence-corrected chi connectivity index (χ1v) is 11.0. The Bertz CT molecular complexity index is 650. The van der Waals surface area contributed by atoms with Crippen LogP contribution in [0.25, 0.3) is 0 Å². The van der Waals surface area contributed by atoms with E-state index >= 15 is 0 Å². The Kier molecular flexibility index (Phi) is 8.52. The summed E-state index contributed by atoms with van der Waals surface area (Å²) >= 11 is 0. The van der Waals surface area contributed by atoms with E-state index in [0.717, 1.165) is 64.6 Å². The third kappa shape index (κ3) is 4.99. The highest BCUT2D eigenvalue weighted by Gasteiger charge is 2.58. The van der Waals surface area contributed by atoms with E-state index < -0.39 is 0 Å². The monoisotopic (exact) mass is 531 g/mol. The van der Waals surface area contributed by atoms with Crippen molar-refractivity contribution in [3.63, 3.8) is 0 Å². The number of nitrogens with zero attached hydrogens (tertiary/aromatic N) is 3. The Hall–Kier alpha value is -1.20. The number of ether oxygens (including phenoxy) is 1. The number of amides is 2. The fraction of sp³-hybridized carbons (Fsp3) is 0.762. The molecule has 2 heterocycles. The van der Waals surface area contributed by atoms with E-state index in [0.29, 0.717) is 13.1 Å². The summed E-state index contributed by atoms with van der Waals surface area (Å²) in [5, 5.41) is 6.55. The highest BCUT2D eigenvalue weighted by molar-refractivity contribution is 14.0. The Morgan fingerprint density at radius 3 is 2.30 bits per heavy atom. The highest BCUT2D eigenvalue weighted by Crippen LogP contribution is 2.52. The van der Waals surface area contributed by atoms with Crippen LogP contribution in [0.1, 0.15) is 19.3 Å². The van der Waals surface area contributed by atoms with Gasteiger partial charge in [-0.1, -0.05) is 12.2 Å². The average molecular weight is 531 g/mol. The van der Waals surface area contributed by atoms with Crippen LogP contribution < -0.4 is 10.6 Å². The van der Waals surface area contributed by atoms with Gasteiger partial charge in [0, 0.05) is 39.8 Å². The zero-order valence-corrected chi connectivity index (χ0v) is 20.0. The number of guanidine groups is 1. The zero-order valence-electron chi connectivity index (χ0n) is 17.7. The number of allylic oxidation sites excluding steroid dienone is 2. The minimum absolute atomic E-state index is 0. The van der Waals surface area contributed by atoms with Gasteiger partial charge in [-0.25, -0.2) is 0 Å². The molecular weight excluding hydrogens is 497 g/mol. The second-order valence-electron chi connectivity index (χ2n) is 8.41. The highest BCUT2D eigenvalue weighted by atomic mass is 127. The molecule has 4 unspecified atom stereocenters. The molecule has 1 saturated carbocycles. The molecule has 0 radical (unpaired) electrons. The quantitative estimate of drug-likeness (QED) is 0.120. The van der Waals surface area contributed by atoms with Crippen molar-refractivity contribution in [1.29, 1.82) is 0 Å². The Balaban J connectivity index is 0.00000256. The molecule has 0 aromatic heterocycles. The summed E-state index contributed by atoms with van der Waals surface area (Å²) in [4.78, 5) is 33.5. The number of halogens is 1. The Morgan fingerprint density at radius 1 is 1.03 bits per heavy atom. The van der Waals surface area contributed by atoms with Crippen LogP contribution in [0.5, 0.6) is 0 Å². The summed E-state index contributed by atoms with van der Waals surface area (Å²) in [6, 6.07) is 0. The molecule has 168 valence electrons. The summed E-state index contributed by atoms with van der Waals surface area (Å²) in [7, 11) is 1.74. The van der Waals surface area contributed by atoms with Crippen LogP contribution in [0, 0.1) is 23.7 Å². The summed E-state index contributed by atoms with van der Waals surface area (Å²) < 4.78 is 5.37. The first kappa shape index (κ1) is 23.5. The molecule has 3 fully saturated rings. The lowest BCUT2D eigenvalue weighted by Crippen LogP contribution is -2.44. The normalized spacial score (nSPS) is 30.6. The summed E-state index contributed by atoms with van der Waals surface area (Å²) in [6.45, 7) is 6.63. The molecule has 9 heteroatoms. The number of carbonyl (C=O) groups excluding carboxylic acids is 2. The van der Waals surface area contributed by atoms with E-state index in [2.05, 4.69) is 32.7 Å². The predicted octanol–water partition coefficient (Wildman–Crippen LogP) is 0.689. The maximum absolute atomic E-state index is 12.7. The molecule has 30 heavy (non-hydrogen) atoms. The summed E-state index contributed by atoms with van der Waals surface area (Å²) in [5.74, 6) is 1.08. The molecule has 0 spiro atoms. The molecule has 2 N–H and O–H groups in total. The number of aliphatic imine (C=N–C) groups is 1. The SMILES string of the molecule is CN=C(NCCCCN1CCOCC1)NCCN1C(=O)C2C3C=CC(C3)C2C1=O.I. The smallest absolute Gasteiger partial charge is 0.233 e. The largest absolute Gasteiger partial charge is 0.379 e. The van der Waals surface area contributed by atoms with Gasteiger partial charge in [-0.3, -0.25) is 24.4 Å². The van der Waals surface area contributed by atoms with Crippen molar-refractivity contribution >= 4 is 41.8 Å². The van der Waals surface area contributed by atoms with Gasteiger partial charge in [-0.2, -0.15) is 0 Å². The van der Waals surface area contributed by atoms with Gasteiger partial charge in [-0.05, 0) is 37.6 Å². The number of hydrogen-bond donors (Lipinski definition) is 2. The van der Waals surface area contributed by atoms with Gasteiger partial charge in [-0.15, -0.1) is 24.0 Å². The molecule has 2 bridgehead atoms. The van der Waals surface area contributed by atoms with E-state index in [9.17, 15) is 9.59 Å². The molecule has 4 aliphatic rings. The second-order valence-corrected chi connectivity index (χ2v) is 8.41. The number of rotatable bonds is 8. The van der Waals surface area contributed by atoms with Crippen LogP contribution in [-0.4, -0.2) is 87.1 Å². The number of carbonyl (C=O) groups is 2. The molecule has 0 aromatic carbocycles. The standard InChI is InChI=1S/C21H33N5O3.HI/c1-22-21(23-6-2-3-8-25-10-12-29-13-11-25)24-7-9-26-19(27)17-15-4-5-16(14-15)18(17)20(26)28;/h4-5,15-18H,2-3,6-14H2,1H3,(H2,22,23,24);1H. The number of fused-ring (bicyclic) bond motifs is 5. The van der Waals surface area contributed by atoms with Crippen LogP contribution in [0.15, 0.2) is 17.1 Å². The molecular formula is C21H34IN5O3. The van der Waals surface area contributed by atoms with E-state index in [1.165, 1.54) is 4.90 Å². The lowest BCUT2D eigenvalue weighted by molar-refractivity contribution is -0.140. The van der Waals surface area contributed by atoms with Gasteiger partial charge in [0.15, 0.2) is 5.96 Å². The topological polar surface area (TPSA) is 86.3 Å². The predicted molar refractivity (Wildman–Crippen MR) is 126 cm³/mol. The van der Waals surface area contributed by atoms with E-state index in [4.69, 9.17) is 4.74 Å². The molecule has 2 saturated heterocycles. The van der Waals surface area contributed by atoms with Crippen LogP contribution in [0.3, 0.4) is 0 Å². The van der Waals surface area contributed by atoms with Gasteiger partial charge in [0.2, 0.25) is 11.8 Å². The first-order chi connectivity index (χ1) is 14.2. The van der Waals surface area contributed by atoms with Crippen LogP contribution in [0.4, 0.5) is 0 Å². The van der Waals surface area contributed by atoms with Crippen molar-refractivity contribution in [3.05, 3.63) is 12.2 Å². The zero-order chi connectivity index (χ0) is 20.2. The third-order valence-electron chi connectivity index (χ3n) is 6.71. The number of nitrogens with one attached hydrogen (secondary N) is 2. The van der Waals surface area contributed by atoms with Crippen LogP contribution >= 0.6 is 24.0 Å². The van der Waals surface area contributed by atoms with E-state index in [1.807, 2.05) is 0 Å². The van der Waals surface area contributed by atoms with Crippen molar-refractivity contribution in [3.8, 4) is 0 Å². The number of likely N-dealkylation sites (tertiary alicyclic amines) is 1. The minimum atomic E-state index is -0.110. The van der Waals surface area contributed by atoms with Gasteiger partial charge in [0.25, 0.3) is 0 Å². The van der Waals surface area contributed by atoms with Gasteiger partial charge >= 0.3 is 0 Å². The maximum Gasteiger partial charge on any atom is 0.233 e. The second kappa shape index (κ2) is 10.9. The number of morpholine rings is 1. The lowest BCUT2D eigenvalue weighted by atomic mass is 9.85. The molecule has 2 aliphatic carbocycles. The molecule has 2 amide bonds. The fourth-order valence-electron chi connectivity index (χ4n) is 5.18. The number of imide groups is 1. The summed E-state index contributed by atoms with van der Waals surface area (Å²) in [6.07, 6.45) is 7.44. The van der Waals surface area contributed by atoms with Crippen molar-refractivity contribution in [1.82, 2.24) is 20.4 Å². The molecule has 4 rings (SSSR count). The minimum Gasteiger partial charge on any atom is -0.379 e. The van der Waals surface area contributed by atoms with E-state index in [-0.39, 0.29) is 59.5 Å². The van der Waals surface area contributed by atoms with Crippen molar-refractivity contribution in [2.45, 2.75) is 19.3 Å². The number of hydrogen-bond acceptors (Lipinski definition) is 5. The fourth-order valence-corrected chi connectivity index (χ4v) is 5.18. The first-order valence-electron chi connectivity index (χ1n) is 11.0. The molecule has 2 aliphatic heterocycles. The Morgan fingerprint density at radius 2 is 1.67 bits per heavy atom. The molecule has 0 aromatic rings. The van der Waals surface area contributed by atoms with Crippen LogP contribution in [-0.2, 0) is 14.3 Å². The maximum atomic E-state index is 12.7. The van der Waals surface area contributed by atoms with Gasteiger partial charge in [0.05, 0.1) is 25.0 Å². The Labute approximate surface area is 195 Å². The lowest BCUT2D eigenvalue weighted by Gasteiger charge is -2.26. The van der Waals surface area contributed by atoms with Crippen molar-refractivity contribution in [2.75, 3.05) is 59.5 Å². The third-order valence-corrected chi connectivity index (χ3v) is 6.71. The number of unbranched alkanes of at least 4 members (excludes halogenated alkanes) is 1. The van der Waals surface area contributed by atoms with E-state index in [1.54, 1.807) is 7.05 Å². The van der Waals surface area contributed by atoms with Crippen LogP contribution in [0.2, 0.25) is 0 Å². The summed E-state index contributed by atoms with van der Waals surface area (Å²) in [5.41, 5.74) is 0. The van der Waals surface area contributed by atoms with Crippen molar-refractivity contribution < 1.29 is 14.3 Å². The molecule has 4 atom stereocenters.